The van der Waals surface area contributed by atoms with Gasteiger partial charge in [-0.15, -0.1) is 12.4 Å². The third-order valence-corrected chi connectivity index (χ3v) is 4.72. The van der Waals surface area contributed by atoms with Crippen LogP contribution in [-0.2, 0) is 19.8 Å². The molecule has 2 heterocycles. The monoisotopic (exact) mass is 374 g/mol. The number of aryl methyl sites for hydroxylation is 1. The fraction of sp³-hybridized carbons (Fsp3) is 0.471. The quantitative estimate of drug-likeness (QED) is 0.894. The molecule has 1 aliphatic rings. The Bertz CT molecular complexity index is 687. The van der Waals surface area contributed by atoms with E-state index < -0.39 is 11.9 Å². The Morgan fingerprint density at radius 2 is 1.88 bits per heavy atom. The maximum atomic E-state index is 13.2. The summed E-state index contributed by atoms with van der Waals surface area (Å²) in [5.74, 6) is 0.501. The van der Waals surface area contributed by atoms with Crippen molar-refractivity contribution in [3.05, 3.63) is 53.3 Å². The summed E-state index contributed by atoms with van der Waals surface area (Å²) in [5, 5.41) is 3.79. The highest BCUT2D eigenvalue weighted by Crippen LogP contribution is 2.35. The van der Waals surface area contributed by atoms with Gasteiger partial charge in [0.2, 0.25) is 0 Å². The summed E-state index contributed by atoms with van der Waals surface area (Å²) < 4.78 is 40.5. The number of halogens is 4. The van der Waals surface area contributed by atoms with E-state index in [0.29, 0.717) is 19.6 Å². The number of nitrogens with two attached hydrogens (primary N) is 1. The van der Waals surface area contributed by atoms with Crippen LogP contribution in [0.5, 0.6) is 0 Å². The van der Waals surface area contributed by atoms with Crippen molar-refractivity contribution in [3.63, 3.8) is 0 Å². The second kappa shape index (κ2) is 7.76. The van der Waals surface area contributed by atoms with Gasteiger partial charge in [0.05, 0.1) is 6.20 Å². The van der Waals surface area contributed by atoms with E-state index in [9.17, 15) is 13.2 Å². The first kappa shape index (κ1) is 19.8. The van der Waals surface area contributed by atoms with E-state index in [-0.39, 0.29) is 36.4 Å². The van der Waals surface area contributed by atoms with Gasteiger partial charge in [-0.25, -0.2) is 0 Å². The van der Waals surface area contributed by atoms with Gasteiger partial charge in [-0.3, -0.25) is 9.58 Å². The molecule has 0 aliphatic carbocycles. The molecule has 0 radical (unpaired) electrons. The van der Waals surface area contributed by atoms with Crippen LogP contribution in [0.1, 0.15) is 22.7 Å². The van der Waals surface area contributed by atoms with Gasteiger partial charge < -0.3 is 5.73 Å². The van der Waals surface area contributed by atoms with Crippen LogP contribution in [-0.4, -0.2) is 34.3 Å². The molecule has 0 unspecified atom stereocenters. The third kappa shape index (κ3) is 4.16. The molecule has 0 amide bonds. The number of hydrogen-bond donors (Lipinski definition) is 1. The average molecular weight is 375 g/mol. The van der Waals surface area contributed by atoms with Gasteiger partial charge in [0.25, 0.3) is 0 Å². The van der Waals surface area contributed by atoms with Crippen molar-refractivity contribution in [1.82, 2.24) is 14.7 Å². The van der Waals surface area contributed by atoms with Gasteiger partial charge in [0.1, 0.15) is 5.69 Å². The first-order chi connectivity index (χ1) is 11.4. The van der Waals surface area contributed by atoms with E-state index in [0.717, 1.165) is 4.68 Å². The van der Waals surface area contributed by atoms with Gasteiger partial charge in [0.15, 0.2) is 0 Å². The zero-order valence-corrected chi connectivity index (χ0v) is 14.7. The molecular weight excluding hydrogens is 353 g/mol. The molecule has 25 heavy (non-hydrogen) atoms. The van der Waals surface area contributed by atoms with Crippen LogP contribution < -0.4 is 5.73 Å². The van der Waals surface area contributed by atoms with Crippen LogP contribution in [0, 0.1) is 5.92 Å². The Hall–Kier alpha value is -1.57. The summed E-state index contributed by atoms with van der Waals surface area (Å²) in [6.07, 6.45) is -3.08. The number of benzene rings is 1. The van der Waals surface area contributed by atoms with Gasteiger partial charge >= 0.3 is 6.18 Å². The normalized spacial score (nSPS) is 21.3. The molecule has 1 aromatic heterocycles. The predicted molar refractivity (Wildman–Crippen MR) is 92.5 cm³/mol. The van der Waals surface area contributed by atoms with Crippen molar-refractivity contribution < 1.29 is 13.2 Å². The highest BCUT2D eigenvalue weighted by Gasteiger charge is 2.39. The fourth-order valence-corrected chi connectivity index (χ4v) is 3.61. The molecular formula is C17H22ClF3N4. The summed E-state index contributed by atoms with van der Waals surface area (Å²) in [6, 6.07) is 10.0. The molecule has 2 aromatic rings. The SMILES string of the molecule is Cl.Cn1ncc(CN2C[C@@H](CN)[C@H](c3ccccc3)C2)c1C(F)(F)F. The molecule has 1 fully saturated rings. The molecule has 1 saturated heterocycles. The Kier molecular flexibility index (Phi) is 6.13. The zero-order valence-electron chi connectivity index (χ0n) is 13.9. The van der Waals surface area contributed by atoms with Crippen LogP contribution in [0.4, 0.5) is 13.2 Å². The Balaban J connectivity index is 0.00000225. The number of nitrogens with zero attached hydrogens (tertiary/aromatic N) is 3. The minimum atomic E-state index is -4.40. The second-order valence-corrected chi connectivity index (χ2v) is 6.35. The number of alkyl halides is 3. The lowest BCUT2D eigenvalue weighted by Crippen LogP contribution is -2.24. The number of rotatable bonds is 4. The van der Waals surface area contributed by atoms with Crippen molar-refractivity contribution in [3.8, 4) is 0 Å². The maximum Gasteiger partial charge on any atom is 0.433 e. The van der Waals surface area contributed by atoms with Crippen LogP contribution in [0.2, 0.25) is 0 Å². The summed E-state index contributed by atoms with van der Waals surface area (Å²) in [6.45, 7) is 2.16. The van der Waals surface area contributed by atoms with E-state index in [2.05, 4.69) is 17.2 Å². The molecule has 4 nitrogen and oxygen atoms in total. The minimum absolute atomic E-state index is 0. The lowest BCUT2D eigenvalue weighted by atomic mass is 9.89. The predicted octanol–water partition coefficient (Wildman–Crippen LogP) is 3.04. The molecule has 0 spiro atoms. The average Bonchev–Trinajstić information content (AvgIpc) is 3.11. The Labute approximate surface area is 151 Å². The van der Waals surface area contributed by atoms with Crippen molar-refractivity contribution >= 4 is 12.4 Å². The second-order valence-electron chi connectivity index (χ2n) is 6.35. The number of likely N-dealkylation sites (tertiary alicyclic amines) is 1. The fourth-order valence-electron chi connectivity index (χ4n) is 3.61. The van der Waals surface area contributed by atoms with Crippen molar-refractivity contribution in [2.75, 3.05) is 19.6 Å². The number of hydrogen-bond acceptors (Lipinski definition) is 3. The van der Waals surface area contributed by atoms with Gasteiger partial charge in [0, 0.05) is 38.2 Å². The van der Waals surface area contributed by atoms with Crippen molar-refractivity contribution in [2.24, 2.45) is 18.7 Å². The summed E-state index contributed by atoms with van der Waals surface area (Å²) in [7, 11) is 1.33. The van der Waals surface area contributed by atoms with Crippen molar-refractivity contribution in [1.29, 1.82) is 0 Å². The molecule has 1 aliphatic heterocycles. The lowest BCUT2D eigenvalue weighted by molar-refractivity contribution is -0.144. The van der Waals surface area contributed by atoms with Gasteiger partial charge in [-0.05, 0) is 18.0 Å². The molecule has 8 heteroatoms. The summed E-state index contributed by atoms with van der Waals surface area (Å²) in [4.78, 5) is 2.04. The van der Waals surface area contributed by atoms with Gasteiger partial charge in [-0.1, -0.05) is 30.3 Å². The van der Waals surface area contributed by atoms with E-state index in [1.807, 2.05) is 23.1 Å². The van der Waals surface area contributed by atoms with Crippen LogP contribution in [0.15, 0.2) is 36.5 Å². The molecule has 3 rings (SSSR count). The van der Waals surface area contributed by atoms with Gasteiger partial charge in [-0.2, -0.15) is 18.3 Å². The van der Waals surface area contributed by atoms with E-state index in [4.69, 9.17) is 5.73 Å². The first-order valence-corrected chi connectivity index (χ1v) is 7.95. The van der Waals surface area contributed by atoms with Crippen LogP contribution in [0.3, 0.4) is 0 Å². The smallest absolute Gasteiger partial charge is 0.330 e. The number of aromatic nitrogens is 2. The lowest BCUT2D eigenvalue weighted by Gasteiger charge is -2.17. The Morgan fingerprint density at radius 1 is 1.20 bits per heavy atom. The minimum Gasteiger partial charge on any atom is -0.330 e. The molecule has 2 N–H and O–H groups in total. The van der Waals surface area contributed by atoms with E-state index in [1.165, 1.54) is 18.8 Å². The largest absolute Gasteiger partial charge is 0.433 e. The third-order valence-electron chi connectivity index (χ3n) is 4.72. The first-order valence-electron chi connectivity index (χ1n) is 7.95. The van der Waals surface area contributed by atoms with E-state index >= 15 is 0 Å². The van der Waals surface area contributed by atoms with E-state index in [1.54, 1.807) is 0 Å². The molecule has 0 saturated carbocycles. The highest BCUT2D eigenvalue weighted by atomic mass is 35.5. The molecule has 0 bridgehead atoms. The van der Waals surface area contributed by atoms with Crippen molar-refractivity contribution in [2.45, 2.75) is 18.6 Å². The molecule has 1 aromatic carbocycles. The summed E-state index contributed by atoms with van der Waals surface area (Å²) in [5.41, 5.74) is 6.64. The standard InChI is InChI=1S/C17H21F3N4.ClH/c1-23-16(17(18,19)20)14(8-22-23)10-24-9-13(7-21)15(11-24)12-5-3-2-4-6-12;/h2-6,8,13,15H,7,9-11,21H2,1H3;1H/t13-,15+;/m1./s1. The molecule has 138 valence electrons. The maximum absolute atomic E-state index is 13.2. The van der Waals surface area contributed by atoms with Crippen LogP contribution in [0.25, 0.3) is 0 Å². The highest BCUT2D eigenvalue weighted by molar-refractivity contribution is 5.85. The zero-order chi connectivity index (χ0) is 17.3. The topological polar surface area (TPSA) is 47.1 Å². The summed E-state index contributed by atoms with van der Waals surface area (Å²) >= 11 is 0. The Morgan fingerprint density at radius 3 is 2.48 bits per heavy atom. The van der Waals surface area contributed by atoms with Crippen LogP contribution >= 0.6 is 12.4 Å². The molecule has 2 atom stereocenters.